The number of hydrogen-bond acceptors (Lipinski definition) is 6. The zero-order valence-corrected chi connectivity index (χ0v) is 9.09. The number of hydrogen-bond donors (Lipinski definition) is 1. The van der Waals surface area contributed by atoms with Crippen LogP contribution in [0, 0.1) is 10.1 Å². The largest absolute Gasteiger partial charge is 0.454 e. The van der Waals surface area contributed by atoms with Crippen molar-refractivity contribution < 1.29 is 13.3 Å². The average molecular weight is 254 g/mol. The Balaban J connectivity index is 2.49. The Labute approximate surface area is 95.4 Å². The summed E-state index contributed by atoms with van der Waals surface area (Å²) in [5.41, 5.74) is 0. The molecule has 1 N–H and O–H groups in total. The zero-order chi connectivity index (χ0) is 12.5. The molecule has 8 nitrogen and oxygen atoms in total. The number of rotatable bonds is 3. The fourth-order valence-electron chi connectivity index (χ4n) is 1.15. The van der Waals surface area contributed by atoms with E-state index in [4.69, 9.17) is 0 Å². The Morgan fingerprint density at radius 2 is 1.88 bits per heavy atom. The van der Waals surface area contributed by atoms with Gasteiger partial charge in [-0.1, -0.05) is 23.3 Å². The van der Waals surface area contributed by atoms with Crippen LogP contribution in [0.25, 0.3) is 0 Å². The zero-order valence-electron chi connectivity index (χ0n) is 8.27. The number of nitrogens with zero attached hydrogens (tertiary/aromatic N) is 3. The molecule has 0 aliphatic heterocycles. The van der Waals surface area contributed by atoms with Crippen LogP contribution in [0.1, 0.15) is 0 Å². The van der Waals surface area contributed by atoms with Gasteiger partial charge in [0.25, 0.3) is 9.84 Å². The molecule has 2 aromatic rings. The highest BCUT2D eigenvalue weighted by Crippen LogP contribution is 2.17. The van der Waals surface area contributed by atoms with E-state index in [1.165, 1.54) is 24.3 Å². The van der Waals surface area contributed by atoms with E-state index in [1.807, 2.05) is 5.10 Å². The molecule has 1 aromatic heterocycles. The van der Waals surface area contributed by atoms with Crippen LogP contribution in [-0.2, 0) is 9.84 Å². The van der Waals surface area contributed by atoms with E-state index < -0.39 is 25.9 Å². The molecule has 2 rings (SSSR count). The number of nitro groups is 1. The van der Waals surface area contributed by atoms with Gasteiger partial charge in [0.2, 0.25) is 0 Å². The fraction of sp³-hybridized carbons (Fsp3) is 0. The van der Waals surface area contributed by atoms with Gasteiger partial charge in [-0.3, -0.25) is 0 Å². The molecule has 0 fully saturated rings. The molecule has 0 saturated heterocycles. The molecule has 0 spiro atoms. The first-order chi connectivity index (χ1) is 8.01. The van der Waals surface area contributed by atoms with Gasteiger partial charge in [0.15, 0.2) is 0 Å². The molecule has 0 radical (unpaired) electrons. The van der Waals surface area contributed by atoms with Crippen molar-refractivity contribution in [3.63, 3.8) is 0 Å². The van der Waals surface area contributed by atoms with Crippen molar-refractivity contribution >= 4 is 15.8 Å². The van der Waals surface area contributed by atoms with Gasteiger partial charge in [-0.05, 0) is 22.0 Å². The van der Waals surface area contributed by atoms with Crippen LogP contribution in [0.4, 0.5) is 5.95 Å². The second-order valence-corrected chi connectivity index (χ2v) is 4.86. The molecule has 9 heteroatoms. The Morgan fingerprint density at radius 3 is 2.41 bits per heavy atom. The number of sulfone groups is 1. The summed E-state index contributed by atoms with van der Waals surface area (Å²) in [6, 6.07) is 7.44. The normalized spacial score (nSPS) is 11.3. The van der Waals surface area contributed by atoms with Crippen LogP contribution in [-0.4, -0.2) is 28.5 Å². The van der Waals surface area contributed by atoms with E-state index in [1.54, 1.807) is 6.07 Å². The second-order valence-electron chi connectivity index (χ2n) is 3.02. The standard InChI is InChI=1S/C8H6N4O4S/c13-12(14)7-9-8(11-10-7)17(15,16)6-4-2-1-3-5-6/h1-5H,(H,9,10,11). The van der Waals surface area contributed by atoms with Crippen molar-refractivity contribution in [2.75, 3.05) is 0 Å². The van der Waals surface area contributed by atoms with Gasteiger partial charge in [-0.2, -0.15) is 0 Å². The van der Waals surface area contributed by atoms with E-state index in [2.05, 4.69) is 10.1 Å². The van der Waals surface area contributed by atoms with Gasteiger partial charge in [0, 0.05) is 0 Å². The third-order valence-electron chi connectivity index (χ3n) is 1.92. The summed E-state index contributed by atoms with van der Waals surface area (Å²) in [7, 11) is -3.91. The van der Waals surface area contributed by atoms with Gasteiger partial charge < -0.3 is 10.1 Å². The van der Waals surface area contributed by atoms with Gasteiger partial charge in [0.05, 0.1) is 4.90 Å². The smallest absolute Gasteiger partial charge is 0.390 e. The molecule has 17 heavy (non-hydrogen) atoms. The van der Waals surface area contributed by atoms with Crippen LogP contribution in [0.15, 0.2) is 40.4 Å². The third-order valence-corrected chi connectivity index (χ3v) is 3.48. The summed E-state index contributed by atoms with van der Waals surface area (Å²) in [5, 5.41) is 15.0. The molecular weight excluding hydrogens is 248 g/mol. The monoisotopic (exact) mass is 254 g/mol. The molecule has 0 atom stereocenters. The van der Waals surface area contributed by atoms with E-state index in [-0.39, 0.29) is 4.90 Å². The van der Waals surface area contributed by atoms with Crippen molar-refractivity contribution in [3.05, 3.63) is 40.4 Å². The number of aromatic amines is 1. The van der Waals surface area contributed by atoms with Crippen LogP contribution >= 0.6 is 0 Å². The summed E-state index contributed by atoms with van der Waals surface area (Å²) in [6.45, 7) is 0. The molecule has 0 aliphatic carbocycles. The maximum Gasteiger partial charge on any atom is 0.454 e. The highest BCUT2D eigenvalue weighted by molar-refractivity contribution is 7.91. The first-order valence-electron chi connectivity index (χ1n) is 4.39. The van der Waals surface area contributed by atoms with E-state index >= 15 is 0 Å². The van der Waals surface area contributed by atoms with Gasteiger partial charge in [-0.25, -0.2) is 8.42 Å². The molecule has 0 amide bonds. The Hall–Kier alpha value is -2.29. The Kier molecular flexibility index (Phi) is 2.60. The third kappa shape index (κ3) is 1.99. The first kappa shape index (κ1) is 11.2. The molecule has 1 heterocycles. The molecule has 0 saturated carbocycles. The van der Waals surface area contributed by atoms with Gasteiger partial charge in [0.1, 0.15) is 0 Å². The quantitative estimate of drug-likeness (QED) is 0.630. The van der Waals surface area contributed by atoms with Crippen molar-refractivity contribution in [1.82, 2.24) is 15.2 Å². The van der Waals surface area contributed by atoms with Crippen molar-refractivity contribution in [2.24, 2.45) is 0 Å². The summed E-state index contributed by atoms with van der Waals surface area (Å²) in [6.07, 6.45) is 0. The van der Waals surface area contributed by atoms with E-state index in [0.717, 1.165) is 0 Å². The van der Waals surface area contributed by atoms with E-state index in [0.29, 0.717) is 0 Å². The number of nitrogens with one attached hydrogen (secondary N) is 1. The van der Waals surface area contributed by atoms with Crippen LogP contribution in [0.5, 0.6) is 0 Å². The average Bonchev–Trinajstić information content (AvgIpc) is 2.80. The fourth-order valence-corrected chi connectivity index (χ4v) is 2.24. The predicted molar refractivity (Wildman–Crippen MR) is 54.9 cm³/mol. The molecule has 0 unspecified atom stereocenters. The predicted octanol–water partition coefficient (Wildman–Crippen LogP) is 0.546. The van der Waals surface area contributed by atoms with Gasteiger partial charge in [-0.15, -0.1) is 5.10 Å². The Bertz CT molecular complexity index is 649. The number of aromatic nitrogens is 3. The second kappa shape index (κ2) is 3.94. The van der Waals surface area contributed by atoms with Crippen molar-refractivity contribution in [1.29, 1.82) is 0 Å². The number of benzene rings is 1. The van der Waals surface area contributed by atoms with Gasteiger partial charge >= 0.3 is 11.1 Å². The lowest BCUT2D eigenvalue weighted by molar-refractivity contribution is -0.394. The van der Waals surface area contributed by atoms with Crippen molar-refractivity contribution in [3.8, 4) is 0 Å². The molecule has 0 aliphatic rings. The Morgan fingerprint density at radius 1 is 1.24 bits per heavy atom. The highest BCUT2D eigenvalue weighted by atomic mass is 32.2. The van der Waals surface area contributed by atoms with Crippen LogP contribution in [0.2, 0.25) is 0 Å². The van der Waals surface area contributed by atoms with Crippen LogP contribution in [0.3, 0.4) is 0 Å². The molecule has 1 aromatic carbocycles. The van der Waals surface area contributed by atoms with Crippen LogP contribution < -0.4 is 0 Å². The lowest BCUT2D eigenvalue weighted by Crippen LogP contribution is -2.04. The molecule has 0 bridgehead atoms. The summed E-state index contributed by atoms with van der Waals surface area (Å²) >= 11 is 0. The lowest BCUT2D eigenvalue weighted by atomic mass is 10.4. The minimum atomic E-state index is -3.91. The summed E-state index contributed by atoms with van der Waals surface area (Å²) in [5.74, 6) is -0.709. The maximum absolute atomic E-state index is 11.9. The van der Waals surface area contributed by atoms with Crippen molar-refractivity contribution in [2.45, 2.75) is 10.1 Å². The molecule has 88 valence electrons. The van der Waals surface area contributed by atoms with E-state index in [9.17, 15) is 18.5 Å². The minimum absolute atomic E-state index is 0.0195. The number of H-pyrrole nitrogens is 1. The molecular formula is C8H6N4O4S. The summed E-state index contributed by atoms with van der Waals surface area (Å²) < 4.78 is 23.8. The highest BCUT2D eigenvalue weighted by Gasteiger charge is 2.28. The minimum Gasteiger partial charge on any atom is -0.390 e. The topological polar surface area (TPSA) is 119 Å². The first-order valence-corrected chi connectivity index (χ1v) is 5.87. The summed E-state index contributed by atoms with van der Waals surface area (Å²) in [4.78, 5) is 12.8. The SMILES string of the molecule is O=[N+]([O-])c1nc(S(=O)(=O)c2ccccc2)n[nH]1. The lowest BCUT2D eigenvalue weighted by Gasteiger charge is -1.95. The maximum atomic E-state index is 11.9.